The molecule has 1 aliphatic rings. The van der Waals surface area contributed by atoms with Crippen LogP contribution in [0.4, 0.5) is 5.69 Å². The summed E-state index contributed by atoms with van der Waals surface area (Å²) in [5.41, 5.74) is 1.06. The molecule has 136 valence electrons. The van der Waals surface area contributed by atoms with Gasteiger partial charge in [0.2, 0.25) is 0 Å². The first-order chi connectivity index (χ1) is 12.5. The Kier molecular flexibility index (Phi) is 5.32. The highest BCUT2D eigenvalue weighted by Gasteiger charge is 2.26. The number of benzene rings is 2. The van der Waals surface area contributed by atoms with E-state index in [1.54, 1.807) is 36.4 Å². The molecule has 0 spiro atoms. The predicted octanol–water partition coefficient (Wildman–Crippen LogP) is 3.50. The molecule has 0 atom stereocenters. The van der Waals surface area contributed by atoms with E-state index in [0.717, 1.165) is 12.8 Å². The number of ether oxygens (including phenoxy) is 2. The zero-order chi connectivity index (χ0) is 18.7. The second-order valence-electron chi connectivity index (χ2n) is 5.96. The fourth-order valence-corrected chi connectivity index (χ4v) is 2.64. The molecule has 0 unspecified atom stereocenters. The van der Waals surface area contributed by atoms with Crippen molar-refractivity contribution < 1.29 is 19.1 Å². The van der Waals surface area contributed by atoms with Crippen LogP contribution in [0.1, 0.15) is 33.6 Å². The van der Waals surface area contributed by atoms with E-state index in [4.69, 9.17) is 21.1 Å². The fourth-order valence-electron chi connectivity index (χ4n) is 2.48. The molecule has 1 fully saturated rings. The second-order valence-corrected chi connectivity index (χ2v) is 6.39. The monoisotopic (exact) mass is 374 g/mol. The van der Waals surface area contributed by atoms with E-state index in [2.05, 4.69) is 10.6 Å². The minimum absolute atomic E-state index is 0.202. The average Bonchev–Trinajstić information content (AvgIpc) is 3.45. The van der Waals surface area contributed by atoms with Crippen LogP contribution in [0.15, 0.2) is 36.4 Å². The van der Waals surface area contributed by atoms with E-state index in [-0.39, 0.29) is 11.9 Å². The quantitative estimate of drug-likeness (QED) is 0.811. The molecule has 2 aromatic rings. The van der Waals surface area contributed by atoms with Crippen LogP contribution < -0.4 is 20.1 Å². The van der Waals surface area contributed by atoms with Gasteiger partial charge in [-0.15, -0.1) is 0 Å². The Hall–Kier alpha value is -2.73. The standard InChI is InChI=1S/C19H19ClN2O4/c1-25-13-6-8-16(15(10-13)19(24)21-12-4-5-12)22-18(23)14-7-3-11(20)9-17(14)26-2/h3,6-10,12H,4-5H2,1-2H3,(H,21,24)(H,22,23). The summed E-state index contributed by atoms with van der Waals surface area (Å²) >= 11 is 5.94. The van der Waals surface area contributed by atoms with E-state index in [0.29, 0.717) is 33.3 Å². The van der Waals surface area contributed by atoms with Crippen molar-refractivity contribution in [1.29, 1.82) is 0 Å². The Morgan fingerprint density at radius 3 is 2.42 bits per heavy atom. The molecule has 0 bridgehead atoms. The third-order valence-electron chi connectivity index (χ3n) is 4.04. The summed E-state index contributed by atoms with van der Waals surface area (Å²) in [6.07, 6.45) is 1.94. The molecule has 0 radical (unpaired) electrons. The highest BCUT2D eigenvalue weighted by Crippen LogP contribution is 2.27. The van der Waals surface area contributed by atoms with E-state index < -0.39 is 5.91 Å². The summed E-state index contributed by atoms with van der Waals surface area (Å²) in [5.74, 6) is 0.245. The normalized spacial score (nSPS) is 13.0. The lowest BCUT2D eigenvalue weighted by Crippen LogP contribution is -2.27. The van der Waals surface area contributed by atoms with Crippen molar-refractivity contribution in [2.45, 2.75) is 18.9 Å². The number of amides is 2. The van der Waals surface area contributed by atoms with Crippen molar-refractivity contribution in [2.75, 3.05) is 19.5 Å². The first-order valence-corrected chi connectivity index (χ1v) is 8.53. The van der Waals surface area contributed by atoms with Gasteiger partial charge in [0.25, 0.3) is 11.8 Å². The second kappa shape index (κ2) is 7.66. The van der Waals surface area contributed by atoms with Gasteiger partial charge in [0, 0.05) is 11.1 Å². The van der Waals surface area contributed by atoms with Crippen molar-refractivity contribution in [2.24, 2.45) is 0 Å². The maximum Gasteiger partial charge on any atom is 0.259 e. The van der Waals surface area contributed by atoms with Crippen LogP contribution in [0.5, 0.6) is 11.5 Å². The molecule has 6 nitrogen and oxygen atoms in total. The number of rotatable bonds is 6. The maximum atomic E-state index is 12.7. The molecule has 0 heterocycles. The van der Waals surface area contributed by atoms with Gasteiger partial charge in [0.1, 0.15) is 11.5 Å². The Morgan fingerprint density at radius 2 is 1.77 bits per heavy atom. The third-order valence-corrected chi connectivity index (χ3v) is 4.28. The molecular weight excluding hydrogens is 356 g/mol. The molecule has 0 saturated heterocycles. The summed E-state index contributed by atoms with van der Waals surface area (Å²) in [6, 6.07) is 9.87. The van der Waals surface area contributed by atoms with Crippen LogP contribution in [0, 0.1) is 0 Å². The molecule has 7 heteroatoms. The number of halogens is 1. The zero-order valence-electron chi connectivity index (χ0n) is 14.5. The van der Waals surface area contributed by atoms with Crippen molar-refractivity contribution >= 4 is 29.1 Å². The summed E-state index contributed by atoms with van der Waals surface area (Å²) in [7, 11) is 2.99. The van der Waals surface area contributed by atoms with Crippen molar-refractivity contribution in [3.05, 3.63) is 52.5 Å². The number of carbonyl (C=O) groups excluding carboxylic acids is 2. The zero-order valence-corrected chi connectivity index (χ0v) is 15.2. The Morgan fingerprint density at radius 1 is 1.00 bits per heavy atom. The summed E-state index contributed by atoms with van der Waals surface area (Å²) < 4.78 is 10.4. The number of nitrogens with one attached hydrogen (secondary N) is 2. The highest BCUT2D eigenvalue weighted by atomic mass is 35.5. The van der Waals surface area contributed by atoms with E-state index in [1.165, 1.54) is 14.2 Å². The largest absolute Gasteiger partial charge is 0.497 e. The lowest BCUT2D eigenvalue weighted by molar-refractivity contribution is 0.0951. The molecule has 0 aromatic heterocycles. The molecule has 2 amide bonds. The van der Waals surface area contributed by atoms with Gasteiger partial charge in [-0.2, -0.15) is 0 Å². The topological polar surface area (TPSA) is 76.7 Å². The van der Waals surface area contributed by atoms with Crippen LogP contribution in [-0.4, -0.2) is 32.1 Å². The van der Waals surface area contributed by atoms with Crippen LogP contribution in [0.3, 0.4) is 0 Å². The van der Waals surface area contributed by atoms with Gasteiger partial charge in [-0.05, 0) is 49.2 Å². The number of methoxy groups -OCH3 is 2. The van der Waals surface area contributed by atoms with Gasteiger partial charge in [0.15, 0.2) is 0 Å². The van der Waals surface area contributed by atoms with E-state index in [9.17, 15) is 9.59 Å². The average molecular weight is 375 g/mol. The molecule has 26 heavy (non-hydrogen) atoms. The van der Waals surface area contributed by atoms with Gasteiger partial charge in [-0.1, -0.05) is 11.6 Å². The van der Waals surface area contributed by atoms with Gasteiger partial charge < -0.3 is 20.1 Å². The van der Waals surface area contributed by atoms with Crippen LogP contribution in [-0.2, 0) is 0 Å². The van der Waals surface area contributed by atoms with Gasteiger partial charge in [0.05, 0.1) is 31.0 Å². The van der Waals surface area contributed by atoms with Gasteiger partial charge in [-0.25, -0.2) is 0 Å². The third kappa shape index (κ3) is 4.08. The van der Waals surface area contributed by atoms with E-state index >= 15 is 0 Å². The molecule has 2 N–H and O–H groups in total. The van der Waals surface area contributed by atoms with E-state index in [1.807, 2.05) is 0 Å². The Bertz CT molecular complexity index is 849. The Labute approximate surface area is 156 Å². The van der Waals surface area contributed by atoms with Crippen molar-refractivity contribution in [3.63, 3.8) is 0 Å². The smallest absolute Gasteiger partial charge is 0.259 e. The SMILES string of the molecule is COc1ccc(NC(=O)c2ccc(Cl)cc2OC)c(C(=O)NC2CC2)c1. The predicted molar refractivity (Wildman–Crippen MR) is 99.4 cm³/mol. The van der Waals surface area contributed by atoms with Crippen molar-refractivity contribution in [3.8, 4) is 11.5 Å². The number of hydrogen-bond donors (Lipinski definition) is 2. The lowest BCUT2D eigenvalue weighted by Gasteiger charge is -2.14. The molecule has 1 aliphatic carbocycles. The Balaban J connectivity index is 1.88. The van der Waals surface area contributed by atoms with Gasteiger partial charge >= 0.3 is 0 Å². The highest BCUT2D eigenvalue weighted by molar-refractivity contribution is 6.31. The minimum atomic E-state index is -0.399. The van der Waals surface area contributed by atoms with Crippen LogP contribution in [0.2, 0.25) is 5.02 Å². The number of carbonyl (C=O) groups is 2. The summed E-state index contributed by atoms with van der Waals surface area (Å²) in [6.45, 7) is 0. The lowest BCUT2D eigenvalue weighted by atomic mass is 10.1. The first-order valence-electron chi connectivity index (χ1n) is 8.15. The van der Waals surface area contributed by atoms with Gasteiger partial charge in [-0.3, -0.25) is 9.59 Å². The molecule has 2 aromatic carbocycles. The molecule has 1 saturated carbocycles. The fraction of sp³-hybridized carbons (Fsp3) is 0.263. The molecular formula is C19H19ClN2O4. The maximum absolute atomic E-state index is 12.7. The molecule has 3 rings (SSSR count). The van der Waals surface area contributed by atoms with Crippen LogP contribution >= 0.6 is 11.6 Å². The van der Waals surface area contributed by atoms with Crippen LogP contribution in [0.25, 0.3) is 0 Å². The first kappa shape index (κ1) is 18.1. The number of hydrogen-bond acceptors (Lipinski definition) is 4. The molecule has 0 aliphatic heterocycles. The summed E-state index contributed by atoms with van der Waals surface area (Å²) in [5, 5.41) is 6.15. The minimum Gasteiger partial charge on any atom is -0.497 e. The summed E-state index contributed by atoms with van der Waals surface area (Å²) in [4.78, 5) is 25.2. The number of anilines is 1. The van der Waals surface area contributed by atoms with Crippen molar-refractivity contribution in [1.82, 2.24) is 5.32 Å².